The van der Waals surface area contributed by atoms with Gasteiger partial charge in [0.25, 0.3) is 5.91 Å². The quantitative estimate of drug-likeness (QED) is 0.781. The van der Waals surface area contributed by atoms with E-state index in [1.165, 1.54) is 21.3 Å². The number of benzene rings is 1. The van der Waals surface area contributed by atoms with Crippen LogP contribution in [0.3, 0.4) is 0 Å². The Morgan fingerprint density at radius 3 is 2.25 bits per heavy atom. The molecule has 150 valence electrons. The van der Waals surface area contributed by atoms with E-state index in [0.29, 0.717) is 28.8 Å². The van der Waals surface area contributed by atoms with Crippen LogP contribution in [-0.4, -0.2) is 49.4 Å². The summed E-state index contributed by atoms with van der Waals surface area (Å²) in [4.78, 5) is 21.0. The van der Waals surface area contributed by atoms with Gasteiger partial charge in [0, 0.05) is 18.4 Å². The van der Waals surface area contributed by atoms with E-state index < -0.39 is 0 Å². The van der Waals surface area contributed by atoms with Crippen LogP contribution < -0.4 is 24.3 Å². The monoisotopic (exact) mass is 387 g/mol. The van der Waals surface area contributed by atoms with Crippen LogP contribution in [0.25, 0.3) is 0 Å². The topological polar surface area (TPSA) is 91.8 Å². The molecule has 1 aliphatic carbocycles. The molecule has 8 nitrogen and oxygen atoms in total. The van der Waals surface area contributed by atoms with Crippen LogP contribution in [0.1, 0.15) is 36.0 Å². The van der Waals surface area contributed by atoms with Gasteiger partial charge in [0.15, 0.2) is 11.5 Å². The number of rotatable bonds is 7. The maximum Gasteiger partial charge on any atom is 0.316 e. The van der Waals surface area contributed by atoms with Crippen molar-refractivity contribution in [3.8, 4) is 23.3 Å². The first kappa shape index (κ1) is 19.7. The molecule has 1 aromatic heterocycles. The van der Waals surface area contributed by atoms with Gasteiger partial charge in [-0.25, -0.2) is 9.97 Å². The summed E-state index contributed by atoms with van der Waals surface area (Å²) < 4.78 is 21.8. The minimum Gasteiger partial charge on any atom is -0.493 e. The van der Waals surface area contributed by atoms with E-state index in [1.807, 2.05) is 0 Å². The van der Waals surface area contributed by atoms with Crippen molar-refractivity contribution in [3.63, 3.8) is 0 Å². The van der Waals surface area contributed by atoms with Gasteiger partial charge in [-0.1, -0.05) is 0 Å². The van der Waals surface area contributed by atoms with Crippen molar-refractivity contribution in [1.82, 2.24) is 15.3 Å². The number of nitrogens with one attached hydrogen (secondary N) is 1. The summed E-state index contributed by atoms with van der Waals surface area (Å²) in [6, 6.07) is 5.59. The highest BCUT2D eigenvalue weighted by Crippen LogP contribution is 2.39. The smallest absolute Gasteiger partial charge is 0.316 e. The number of hydrogen-bond acceptors (Lipinski definition) is 7. The van der Waals surface area contributed by atoms with E-state index in [1.54, 1.807) is 30.6 Å². The molecule has 0 saturated heterocycles. The lowest BCUT2D eigenvalue weighted by Gasteiger charge is -2.29. The minimum atomic E-state index is -0.200. The van der Waals surface area contributed by atoms with Crippen LogP contribution in [0.15, 0.2) is 30.6 Å². The first-order chi connectivity index (χ1) is 13.7. The van der Waals surface area contributed by atoms with Gasteiger partial charge in [0.1, 0.15) is 6.10 Å². The molecule has 1 heterocycles. The van der Waals surface area contributed by atoms with Crippen molar-refractivity contribution < 1.29 is 23.7 Å². The summed E-state index contributed by atoms with van der Waals surface area (Å²) in [5, 5.41) is 3.08. The second-order valence-electron chi connectivity index (χ2n) is 6.48. The molecular weight excluding hydrogens is 362 g/mol. The van der Waals surface area contributed by atoms with Crippen molar-refractivity contribution in [2.75, 3.05) is 21.3 Å². The molecule has 0 bridgehead atoms. The summed E-state index contributed by atoms with van der Waals surface area (Å²) >= 11 is 0. The average molecular weight is 387 g/mol. The number of amides is 1. The highest BCUT2D eigenvalue weighted by molar-refractivity contribution is 5.98. The second-order valence-corrected chi connectivity index (χ2v) is 6.48. The van der Waals surface area contributed by atoms with Crippen molar-refractivity contribution in [3.05, 3.63) is 36.2 Å². The zero-order valence-corrected chi connectivity index (χ0v) is 16.3. The van der Waals surface area contributed by atoms with Crippen molar-refractivity contribution >= 4 is 5.91 Å². The Morgan fingerprint density at radius 2 is 1.64 bits per heavy atom. The molecule has 3 rings (SSSR count). The molecule has 1 saturated carbocycles. The van der Waals surface area contributed by atoms with Gasteiger partial charge >= 0.3 is 6.01 Å². The van der Waals surface area contributed by atoms with Gasteiger partial charge in [0.05, 0.1) is 26.9 Å². The van der Waals surface area contributed by atoms with Crippen LogP contribution in [0.2, 0.25) is 0 Å². The SMILES string of the molecule is COc1ccc(C(=O)NC2CCC(Oc3ncccn3)CC2)c(OC)c1OC. The highest BCUT2D eigenvalue weighted by Gasteiger charge is 2.27. The van der Waals surface area contributed by atoms with Crippen molar-refractivity contribution in [2.24, 2.45) is 0 Å². The van der Waals surface area contributed by atoms with E-state index in [-0.39, 0.29) is 18.1 Å². The Morgan fingerprint density at radius 1 is 0.964 bits per heavy atom. The molecule has 0 aliphatic heterocycles. The third kappa shape index (κ3) is 4.44. The van der Waals surface area contributed by atoms with Crippen molar-refractivity contribution in [1.29, 1.82) is 0 Å². The maximum atomic E-state index is 12.8. The number of methoxy groups -OCH3 is 3. The summed E-state index contributed by atoms with van der Waals surface area (Å²) in [6.07, 6.45) is 6.66. The summed E-state index contributed by atoms with van der Waals surface area (Å²) in [7, 11) is 4.56. The Bertz CT molecular complexity index is 792. The van der Waals surface area contributed by atoms with E-state index >= 15 is 0 Å². The third-order valence-electron chi connectivity index (χ3n) is 4.77. The fourth-order valence-corrected chi connectivity index (χ4v) is 3.36. The Hall–Kier alpha value is -3.03. The fourth-order valence-electron chi connectivity index (χ4n) is 3.36. The Balaban J connectivity index is 1.60. The van der Waals surface area contributed by atoms with Crippen LogP contribution >= 0.6 is 0 Å². The number of hydrogen-bond donors (Lipinski definition) is 1. The summed E-state index contributed by atoms with van der Waals surface area (Å²) in [5.41, 5.74) is 0.413. The molecule has 0 spiro atoms. The van der Waals surface area contributed by atoms with E-state index in [2.05, 4.69) is 15.3 Å². The van der Waals surface area contributed by atoms with Gasteiger partial charge in [0.2, 0.25) is 5.75 Å². The fraction of sp³-hybridized carbons (Fsp3) is 0.450. The van der Waals surface area contributed by atoms with Crippen LogP contribution in [-0.2, 0) is 0 Å². The van der Waals surface area contributed by atoms with Gasteiger partial charge in [-0.15, -0.1) is 0 Å². The summed E-state index contributed by atoms with van der Waals surface area (Å²) in [5.74, 6) is 1.07. The third-order valence-corrected chi connectivity index (χ3v) is 4.77. The molecule has 1 N–H and O–H groups in total. The molecule has 0 radical (unpaired) electrons. The van der Waals surface area contributed by atoms with E-state index in [9.17, 15) is 4.79 Å². The number of aromatic nitrogens is 2. The minimum absolute atomic E-state index is 0.0613. The zero-order valence-electron chi connectivity index (χ0n) is 16.3. The molecule has 1 fully saturated rings. The molecule has 1 amide bonds. The van der Waals surface area contributed by atoms with Crippen molar-refractivity contribution in [2.45, 2.75) is 37.8 Å². The molecule has 1 aliphatic rings. The van der Waals surface area contributed by atoms with E-state index in [0.717, 1.165) is 25.7 Å². The number of nitrogens with zero attached hydrogens (tertiary/aromatic N) is 2. The highest BCUT2D eigenvalue weighted by atomic mass is 16.5. The largest absolute Gasteiger partial charge is 0.493 e. The normalized spacial score (nSPS) is 18.8. The Labute approximate surface area is 164 Å². The van der Waals surface area contributed by atoms with Gasteiger partial charge < -0.3 is 24.3 Å². The first-order valence-electron chi connectivity index (χ1n) is 9.19. The van der Waals surface area contributed by atoms with Crippen LogP contribution in [0, 0.1) is 0 Å². The number of ether oxygens (including phenoxy) is 4. The Kier molecular flexibility index (Phi) is 6.52. The van der Waals surface area contributed by atoms with Gasteiger partial charge in [-0.2, -0.15) is 0 Å². The lowest BCUT2D eigenvalue weighted by Crippen LogP contribution is -2.40. The van der Waals surface area contributed by atoms with Gasteiger partial charge in [-0.3, -0.25) is 4.79 Å². The van der Waals surface area contributed by atoms with Crippen LogP contribution in [0.5, 0.6) is 23.3 Å². The zero-order chi connectivity index (χ0) is 19.9. The predicted molar refractivity (Wildman–Crippen MR) is 102 cm³/mol. The maximum absolute atomic E-state index is 12.8. The molecule has 8 heteroatoms. The number of carbonyl (C=O) groups excluding carboxylic acids is 1. The lowest BCUT2D eigenvalue weighted by atomic mass is 9.92. The molecule has 28 heavy (non-hydrogen) atoms. The first-order valence-corrected chi connectivity index (χ1v) is 9.19. The number of carbonyl (C=O) groups is 1. The molecular formula is C20H25N3O5. The molecule has 2 aromatic rings. The second kappa shape index (κ2) is 9.25. The predicted octanol–water partition coefficient (Wildman–Crippen LogP) is 2.62. The molecule has 0 atom stereocenters. The van der Waals surface area contributed by atoms with Gasteiger partial charge in [-0.05, 0) is 43.9 Å². The summed E-state index contributed by atoms with van der Waals surface area (Å²) in [6.45, 7) is 0. The standard InChI is InChI=1S/C20H25N3O5/c1-25-16-10-9-15(17(26-2)18(16)27-3)19(24)23-13-5-7-14(8-6-13)28-20-21-11-4-12-22-20/h4,9-14H,5-8H2,1-3H3,(H,23,24). The molecule has 1 aromatic carbocycles. The molecule has 0 unspecified atom stereocenters. The average Bonchev–Trinajstić information content (AvgIpc) is 2.74. The van der Waals surface area contributed by atoms with Crippen LogP contribution in [0.4, 0.5) is 0 Å². The lowest BCUT2D eigenvalue weighted by molar-refractivity contribution is 0.0881. The van der Waals surface area contributed by atoms with E-state index in [4.69, 9.17) is 18.9 Å².